The molecule has 0 saturated carbocycles. The minimum atomic E-state index is -0.0383. The number of hydrogen-bond acceptors (Lipinski definition) is 7. The molecule has 1 aromatic rings. The zero-order valence-corrected chi connectivity index (χ0v) is 12.8. The van der Waals surface area contributed by atoms with Crippen molar-refractivity contribution in [3.63, 3.8) is 0 Å². The fourth-order valence-corrected chi connectivity index (χ4v) is 1.31. The number of nitrogens with zero attached hydrogens (tertiary/aromatic N) is 5. The molecule has 112 valence electrons. The molecule has 0 aliphatic heterocycles. The van der Waals surface area contributed by atoms with Gasteiger partial charge in [0.05, 0.1) is 12.6 Å². The van der Waals surface area contributed by atoms with E-state index in [4.69, 9.17) is 4.74 Å². The zero-order chi connectivity index (χ0) is 15.3. The first-order valence-corrected chi connectivity index (χ1v) is 6.35. The summed E-state index contributed by atoms with van der Waals surface area (Å²) >= 11 is 0. The van der Waals surface area contributed by atoms with Gasteiger partial charge in [-0.05, 0) is 13.8 Å². The Kier molecular flexibility index (Phi) is 5.48. The maximum atomic E-state index is 11.7. The Balaban J connectivity index is 2.95. The lowest BCUT2D eigenvalue weighted by Crippen LogP contribution is -2.35. The van der Waals surface area contributed by atoms with Crippen molar-refractivity contribution in [1.29, 1.82) is 0 Å². The zero-order valence-electron chi connectivity index (χ0n) is 12.8. The quantitative estimate of drug-likeness (QED) is 0.799. The predicted octanol–water partition coefficient (Wildman–Crippen LogP) is 0.225. The Bertz CT molecular complexity index is 463. The molecular weight excluding hydrogens is 260 g/mol. The van der Waals surface area contributed by atoms with Gasteiger partial charge >= 0.3 is 6.01 Å². The smallest absolute Gasteiger partial charge is 0.323 e. The highest BCUT2D eigenvalue weighted by Crippen LogP contribution is 2.14. The molecule has 1 amide bonds. The SMILES string of the molecule is CNc1nc(OC(C)C)nc(N(C)CC(=O)N(C)C)n1. The minimum absolute atomic E-state index is 0.0368. The standard InChI is InChI=1S/C12H22N6O2/c1-8(2)20-12-15-10(13-3)14-11(16-12)18(6)7-9(19)17(4)5/h8H,7H2,1-6H3,(H,13,14,15,16). The number of carbonyl (C=O) groups is 1. The molecule has 20 heavy (non-hydrogen) atoms. The van der Waals surface area contributed by atoms with Crippen molar-refractivity contribution < 1.29 is 9.53 Å². The molecule has 0 aliphatic rings. The Labute approximate surface area is 119 Å². The molecule has 8 heteroatoms. The van der Waals surface area contributed by atoms with Crippen LogP contribution in [-0.4, -0.2) is 66.6 Å². The molecular formula is C12H22N6O2. The summed E-state index contributed by atoms with van der Waals surface area (Å²) in [5.74, 6) is 0.746. The van der Waals surface area contributed by atoms with Crippen molar-refractivity contribution in [2.24, 2.45) is 0 Å². The fourth-order valence-electron chi connectivity index (χ4n) is 1.31. The number of nitrogens with one attached hydrogen (secondary N) is 1. The van der Waals surface area contributed by atoms with E-state index in [0.717, 1.165) is 0 Å². The van der Waals surface area contributed by atoms with E-state index >= 15 is 0 Å². The highest BCUT2D eigenvalue weighted by Gasteiger charge is 2.15. The van der Waals surface area contributed by atoms with E-state index in [2.05, 4.69) is 20.3 Å². The average Bonchev–Trinajstić information content (AvgIpc) is 2.37. The molecule has 0 spiro atoms. The van der Waals surface area contributed by atoms with Crippen molar-refractivity contribution in [1.82, 2.24) is 19.9 Å². The summed E-state index contributed by atoms with van der Waals surface area (Å²) in [4.78, 5) is 27.4. The van der Waals surface area contributed by atoms with E-state index in [1.165, 1.54) is 4.90 Å². The lowest BCUT2D eigenvalue weighted by molar-refractivity contribution is -0.127. The first kappa shape index (κ1) is 15.9. The third-order valence-electron chi connectivity index (χ3n) is 2.38. The number of amides is 1. The van der Waals surface area contributed by atoms with Crippen LogP contribution in [0.3, 0.4) is 0 Å². The molecule has 0 fully saturated rings. The van der Waals surface area contributed by atoms with E-state index < -0.39 is 0 Å². The maximum absolute atomic E-state index is 11.7. The fraction of sp³-hybridized carbons (Fsp3) is 0.667. The van der Waals surface area contributed by atoms with Crippen LogP contribution in [0.15, 0.2) is 0 Å². The van der Waals surface area contributed by atoms with Crippen molar-refractivity contribution in [3.05, 3.63) is 0 Å². The normalized spacial score (nSPS) is 10.3. The van der Waals surface area contributed by atoms with Crippen LogP contribution in [0.25, 0.3) is 0 Å². The van der Waals surface area contributed by atoms with Crippen LogP contribution in [0.5, 0.6) is 6.01 Å². The molecule has 0 aliphatic carbocycles. The molecule has 0 aromatic carbocycles. The lowest BCUT2D eigenvalue weighted by atomic mass is 10.5. The number of aromatic nitrogens is 3. The Morgan fingerprint density at radius 3 is 2.40 bits per heavy atom. The minimum Gasteiger partial charge on any atom is -0.461 e. The molecule has 0 atom stereocenters. The predicted molar refractivity (Wildman–Crippen MR) is 77.1 cm³/mol. The van der Waals surface area contributed by atoms with Crippen LogP contribution in [0.1, 0.15) is 13.8 Å². The molecule has 0 unspecified atom stereocenters. The summed E-state index contributed by atoms with van der Waals surface area (Å²) in [5.41, 5.74) is 0. The summed E-state index contributed by atoms with van der Waals surface area (Å²) < 4.78 is 5.48. The maximum Gasteiger partial charge on any atom is 0.323 e. The second-order valence-corrected chi connectivity index (χ2v) is 4.80. The summed E-state index contributed by atoms with van der Waals surface area (Å²) in [5, 5.41) is 2.85. The van der Waals surface area contributed by atoms with Crippen LogP contribution in [-0.2, 0) is 4.79 Å². The van der Waals surface area contributed by atoms with Gasteiger partial charge in [-0.25, -0.2) is 0 Å². The van der Waals surface area contributed by atoms with Crippen LogP contribution < -0.4 is 15.0 Å². The van der Waals surface area contributed by atoms with Gasteiger partial charge in [-0.1, -0.05) is 0 Å². The highest BCUT2D eigenvalue weighted by molar-refractivity contribution is 5.80. The van der Waals surface area contributed by atoms with Gasteiger partial charge in [0.25, 0.3) is 0 Å². The average molecular weight is 282 g/mol. The lowest BCUT2D eigenvalue weighted by Gasteiger charge is -2.20. The first-order valence-electron chi connectivity index (χ1n) is 6.35. The van der Waals surface area contributed by atoms with Crippen LogP contribution in [0.2, 0.25) is 0 Å². The third-order valence-corrected chi connectivity index (χ3v) is 2.38. The number of rotatable bonds is 6. The van der Waals surface area contributed by atoms with Crippen molar-refractivity contribution >= 4 is 17.8 Å². The van der Waals surface area contributed by atoms with Gasteiger partial charge in [-0.2, -0.15) is 15.0 Å². The van der Waals surface area contributed by atoms with Crippen molar-refractivity contribution in [2.45, 2.75) is 20.0 Å². The molecule has 1 heterocycles. The van der Waals surface area contributed by atoms with E-state index in [1.54, 1.807) is 33.1 Å². The van der Waals surface area contributed by atoms with Crippen molar-refractivity contribution in [2.75, 3.05) is 45.0 Å². The molecule has 0 bridgehead atoms. The number of carbonyl (C=O) groups excluding carboxylic acids is 1. The summed E-state index contributed by atoms with van der Waals surface area (Å²) in [6.07, 6.45) is -0.0383. The van der Waals surface area contributed by atoms with Gasteiger partial charge in [-0.3, -0.25) is 4.79 Å². The van der Waals surface area contributed by atoms with Crippen LogP contribution in [0, 0.1) is 0 Å². The van der Waals surface area contributed by atoms with Gasteiger partial charge in [0.15, 0.2) is 0 Å². The second kappa shape index (κ2) is 6.88. The molecule has 0 radical (unpaired) electrons. The number of ether oxygens (including phenoxy) is 1. The molecule has 0 saturated heterocycles. The van der Waals surface area contributed by atoms with Gasteiger partial charge in [0.2, 0.25) is 17.8 Å². The van der Waals surface area contributed by atoms with Gasteiger partial charge in [0, 0.05) is 28.2 Å². The number of likely N-dealkylation sites (N-methyl/N-ethyl adjacent to an activating group) is 2. The topological polar surface area (TPSA) is 83.5 Å². The van der Waals surface area contributed by atoms with Crippen LogP contribution >= 0.6 is 0 Å². The summed E-state index contributed by atoms with van der Waals surface area (Å²) in [6, 6.07) is 0.235. The molecule has 8 nitrogen and oxygen atoms in total. The van der Waals surface area contributed by atoms with E-state index in [0.29, 0.717) is 11.9 Å². The number of anilines is 2. The second-order valence-electron chi connectivity index (χ2n) is 4.80. The van der Waals surface area contributed by atoms with E-state index in [9.17, 15) is 4.79 Å². The van der Waals surface area contributed by atoms with Crippen LogP contribution in [0.4, 0.5) is 11.9 Å². The Morgan fingerprint density at radius 1 is 1.25 bits per heavy atom. The summed E-state index contributed by atoms with van der Waals surface area (Å²) in [7, 11) is 6.87. The molecule has 1 rings (SSSR count). The Morgan fingerprint density at radius 2 is 1.90 bits per heavy atom. The Hall–Kier alpha value is -2.12. The first-order chi connectivity index (χ1) is 9.33. The van der Waals surface area contributed by atoms with E-state index in [-0.39, 0.29) is 24.6 Å². The summed E-state index contributed by atoms with van der Waals surface area (Å²) in [6.45, 7) is 3.96. The number of hydrogen-bond donors (Lipinski definition) is 1. The monoisotopic (exact) mass is 282 g/mol. The van der Waals surface area contributed by atoms with Gasteiger partial charge < -0.3 is 19.9 Å². The van der Waals surface area contributed by atoms with Gasteiger partial charge in [-0.15, -0.1) is 0 Å². The van der Waals surface area contributed by atoms with Crippen molar-refractivity contribution in [3.8, 4) is 6.01 Å². The molecule has 1 N–H and O–H groups in total. The van der Waals surface area contributed by atoms with E-state index in [1.807, 2.05) is 13.8 Å². The third kappa shape index (κ3) is 4.52. The largest absolute Gasteiger partial charge is 0.461 e. The van der Waals surface area contributed by atoms with Gasteiger partial charge in [0.1, 0.15) is 0 Å². The highest BCUT2D eigenvalue weighted by atomic mass is 16.5. The molecule has 1 aromatic heterocycles.